The number of fused-ring (bicyclic) bond motifs is 8. The van der Waals surface area contributed by atoms with Gasteiger partial charge in [-0.05, 0) is 114 Å². The van der Waals surface area contributed by atoms with Gasteiger partial charge in [-0.25, -0.2) is 0 Å². The molecule has 8 aromatic carbocycles. The lowest BCUT2D eigenvalue weighted by atomic mass is 9.82. The van der Waals surface area contributed by atoms with Crippen molar-refractivity contribution in [3.05, 3.63) is 186 Å². The molecule has 0 aliphatic heterocycles. The van der Waals surface area contributed by atoms with E-state index in [2.05, 4.69) is 185 Å². The van der Waals surface area contributed by atoms with Crippen molar-refractivity contribution in [1.29, 1.82) is 0 Å². The maximum atomic E-state index is 2.51. The number of allylic oxidation sites excluding steroid dienone is 4. The minimum atomic E-state index is -0.0735. The van der Waals surface area contributed by atoms with E-state index >= 15 is 0 Å². The van der Waals surface area contributed by atoms with Gasteiger partial charge < -0.3 is 0 Å². The van der Waals surface area contributed by atoms with Crippen molar-refractivity contribution in [2.45, 2.75) is 32.6 Å². The van der Waals surface area contributed by atoms with E-state index in [0.717, 1.165) is 6.42 Å². The van der Waals surface area contributed by atoms with E-state index in [1.165, 1.54) is 103 Å². The van der Waals surface area contributed by atoms with Gasteiger partial charge in [0.2, 0.25) is 0 Å². The zero-order valence-corrected chi connectivity index (χ0v) is 30.5. The fourth-order valence-electron chi connectivity index (χ4n) is 9.13. The molecule has 0 saturated heterocycles. The Balaban J connectivity index is 1.13. The Labute approximate surface area is 309 Å². The van der Waals surface area contributed by atoms with Gasteiger partial charge in [0.1, 0.15) is 0 Å². The summed E-state index contributed by atoms with van der Waals surface area (Å²) in [6.07, 6.45) is 5.71. The number of thiophene rings is 1. The van der Waals surface area contributed by atoms with Crippen molar-refractivity contribution < 1.29 is 0 Å². The maximum Gasteiger partial charge on any atom is 0.0361 e. The largest absolute Gasteiger partial charge is 0.135 e. The molecule has 9 aromatic rings. The first-order valence-corrected chi connectivity index (χ1v) is 19.2. The molecule has 0 atom stereocenters. The maximum absolute atomic E-state index is 2.51. The zero-order chi connectivity index (χ0) is 35.0. The topological polar surface area (TPSA) is 0 Å². The van der Waals surface area contributed by atoms with Gasteiger partial charge >= 0.3 is 0 Å². The van der Waals surface area contributed by atoms with Gasteiger partial charge in [-0.15, -0.1) is 11.3 Å². The molecule has 0 saturated carbocycles. The van der Waals surface area contributed by atoms with Crippen molar-refractivity contribution >= 4 is 69.4 Å². The van der Waals surface area contributed by atoms with E-state index in [9.17, 15) is 0 Å². The molecule has 248 valence electrons. The van der Waals surface area contributed by atoms with Crippen LogP contribution in [-0.2, 0) is 11.8 Å². The van der Waals surface area contributed by atoms with Crippen LogP contribution in [0.15, 0.2) is 169 Å². The van der Waals surface area contributed by atoms with Crippen LogP contribution < -0.4 is 0 Å². The van der Waals surface area contributed by atoms with Crippen LogP contribution in [-0.4, -0.2) is 0 Å². The molecule has 10 rings (SSSR count). The molecule has 0 nitrogen and oxygen atoms in total. The Bertz CT molecular complexity index is 2890. The number of benzene rings is 8. The Kier molecular flexibility index (Phi) is 7.10. The third-order valence-electron chi connectivity index (χ3n) is 11.5. The smallest absolute Gasteiger partial charge is 0.0361 e. The molecule has 1 aliphatic carbocycles. The van der Waals surface area contributed by atoms with Gasteiger partial charge in [-0.2, -0.15) is 0 Å². The van der Waals surface area contributed by atoms with Crippen LogP contribution in [0.25, 0.3) is 80.3 Å². The van der Waals surface area contributed by atoms with E-state index in [1.807, 2.05) is 11.3 Å². The molecule has 1 aliphatic rings. The highest BCUT2D eigenvalue weighted by atomic mass is 32.1. The van der Waals surface area contributed by atoms with Gasteiger partial charge in [-0.3, -0.25) is 0 Å². The molecule has 0 radical (unpaired) electrons. The van der Waals surface area contributed by atoms with Gasteiger partial charge in [0.15, 0.2) is 0 Å². The Morgan fingerprint density at radius 2 is 1.12 bits per heavy atom. The Morgan fingerprint density at radius 3 is 1.81 bits per heavy atom. The molecule has 0 spiro atoms. The predicted molar refractivity (Wildman–Crippen MR) is 228 cm³/mol. The fraction of sp³-hybridized carbons (Fsp3) is 0.0980. The minimum absolute atomic E-state index is 0.0735. The number of hydrogen-bond acceptors (Lipinski definition) is 1. The molecule has 0 amide bonds. The zero-order valence-electron chi connectivity index (χ0n) is 29.7. The third kappa shape index (κ3) is 4.66. The van der Waals surface area contributed by atoms with Crippen LogP contribution >= 0.6 is 11.3 Å². The van der Waals surface area contributed by atoms with E-state index < -0.39 is 0 Å². The minimum Gasteiger partial charge on any atom is -0.135 e. The van der Waals surface area contributed by atoms with Gasteiger partial charge in [0, 0.05) is 25.6 Å². The first kappa shape index (κ1) is 31.0. The monoisotopic (exact) mass is 682 g/mol. The van der Waals surface area contributed by atoms with Crippen LogP contribution in [0, 0.1) is 0 Å². The summed E-state index contributed by atoms with van der Waals surface area (Å²) < 4.78 is 2.71. The predicted octanol–water partition coefficient (Wildman–Crippen LogP) is 14.7. The molecule has 0 N–H and O–H groups in total. The van der Waals surface area contributed by atoms with E-state index in [4.69, 9.17) is 0 Å². The summed E-state index contributed by atoms with van der Waals surface area (Å²) in [6, 6.07) is 56.4. The van der Waals surface area contributed by atoms with Crippen molar-refractivity contribution in [3.63, 3.8) is 0 Å². The highest BCUT2D eigenvalue weighted by Gasteiger charge is 2.38. The lowest BCUT2D eigenvalue weighted by molar-refractivity contribution is 0.660. The summed E-state index contributed by atoms with van der Waals surface area (Å²) in [6.45, 7) is 6.99. The van der Waals surface area contributed by atoms with Crippen molar-refractivity contribution in [3.8, 4) is 22.3 Å². The SMILES string of the molecule is CC=C1/C(=C\Cc2cccc(-c3c4ccccc4c(-c4ccccc4)c4ccccc34)c2)c2c(ccc3cc4sc5ccccc5c4cc23)C1(C)C. The molecule has 0 bridgehead atoms. The Morgan fingerprint density at radius 1 is 0.500 bits per heavy atom. The Hall–Kier alpha value is -5.76. The molecule has 1 heterocycles. The molecular formula is C51H38S. The van der Waals surface area contributed by atoms with Crippen molar-refractivity contribution in [2.24, 2.45) is 0 Å². The van der Waals surface area contributed by atoms with Crippen LogP contribution in [0.1, 0.15) is 37.5 Å². The third-order valence-corrected chi connectivity index (χ3v) is 12.6. The average molecular weight is 683 g/mol. The summed E-state index contributed by atoms with van der Waals surface area (Å²) in [7, 11) is 0. The normalized spacial score (nSPS) is 15.5. The lowest BCUT2D eigenvalue weighted by Crippen LogP contribution is -2.14. The summed E-state index contributed by atoms with van der Waals surface area (Å²) in [5.41, 5.74) is 12.0. The standard InChI is InChI=1S/C51H38S/c1-4-44-41(50-42-31-43-36-19-12-13-24-46(36)52-47(43)30-34(42)26-28-45(50)51(44,2)3)27-25-32-15-14-18-35(29-32)49-39-22-10-8-20-37(39)48(33-16-6-5-7-17-33)38-21-9-11-23-40(38)49/h4-24,26-31H,25H2,1-3H3/b41-27+,44-4?. The number of rotatable bonds is 4. The average Bonchev–Trinajstić information content (AvgIpc) is 3.65. The fourth-order valence-corrected chi connectivity index (χ4v) is 10.3. The summed E-state index contributed by atoms with van der Waals surface area (Å²) in [4.78, 5) is 0. The second kappa shape index (κ2) is 11.9. The lowest BCUT2D eigenvalue weighted by Gasteiger charge is -2.22. The number of hydrogen-bond donors (Lipinski definition) is 0. The highest BCUT2D eigenvalue weighted by molar-refractivity contribution is 7.25. The van der Waals surface area contributed by atoms with Crippen LogP contribution in [0.3, 0.4) is 0 Å². The van der Waals surface area contributed by atoms with E-state index in [1.54, 1.807) is 0 Å². The molecule has 1 heteroatoms. The van der Waals surface area contributed by atoms with Gasteiger partial charge in [0.05, 0.1) is 0 Å². The molecular weight excluding hydrogens is 645 g/mol. The molecule has 0 fully saturated rings. The summed E-state index contributed by atoms with van der Waals surface area (Å²) in [5, 5.41) is 10.5. The van der Waals surface area contributed by atoms with Crippen LogP contribution in [0.2, 0.25) is 0 Å². The first-order chi connectivity index (χ1) is 25.5. The van der Waals surface area contributed by atoms with E-state index in [0.29, 0.717) is 0 Å². The second-order valence-corrected chi connectivity index (χ2v) is 15.8. The van der Waals surface area contributed by atoms with E-state index in [-0.39, 0.29) is 5.41 Å². The molecule has 52 heavy (non-hydrogen) atoms. The van der Waals surface area contributed by atoms with Gasteiger partial charge in [-0.1, -0.05) is 159 Å². The second-order valence-electron chi connectivity index (χ2n) is 14.7. The quantitative estimate of drug-likeness (QED) is 0.162. The highest BCUT2D eigenvalue weighted by Crippen LogP contribution is 2.53. The van der Waals surface area contributed by atoms with Crippen molar-refractivity contribution in [2.75, 3.05) is 0 Å². The van der Waals surface area contributed by atoms with Crippen LogP contribution in [0.5, 0.6) is 0 Å². The first-order valence-electron chi connectivity index (χ1n) is 18.4. The van der Waals surface area contributed by atoms with Crippen molar-refractivity contribution in [1.82, 2.24) is 0 Å². The molecule has 0 unspecified atom stereocenters. The molecule has 1 aromatic heterocycles. The van der Waals surface area contributed by atoms with Gasteiger partial charge in [0.25, 0.3) is 0 Å². The van der Waals surface area contributed by atoms with Crippen LogP contribution in [0.4, 0.5) is 0 Å². The summed E-state index contributed by atoms with van der Waals surface area (Å²) in [5.74, 6) is 0. The summed E-state index contributed by atoms with van der Waals surface area (Å²) >= 11 is 1.90.